The van der Waals surface area contributed by atoms with Crippen LogP contribution in [0.25, 0.3) is 22.8 Å². The zero-order chi connectivity index (χ0) is 17.8. The van der Waals surface area contributed by atoms with Gasteiger partial charge in [0.2, 0.25) is 11.8 Å². The van der Waals surface area contributed by atoms with Gasteiger partial charge in [0.25, 0.3) is 0 Å². The first kappa shape index (κ1) is 17.1. The predicted octanol–water partition coefficient (Wildman–Crippen LogP) is 3.03. The SMILES string of the molecule is CCOC(=O)Cc1nc(-c2cnc(N(C)C)nc2)oc1-c1ccsc1. The van der Waals surface area contributed by atoms with Gasteiger partial charge in [-0.1, -0.05) is 0 Å². The molecule has 3 rings (SSSR count). The molecule has 0 atom stereocenters. The van der Waals surface area contributed by atoms with E-state index in [-0.39, 0.29) is 12.4 Å². The molecule has 130 valence electrons. The fourth-order valence-electron chi connectivity index (χ4n) is 2.23. The standard InChI is InChI=1S/C17H18N4O3S/c1-4-23-14(22)7-13-15(11-5-6-25-10-11)24-16(20-13)12-8-18-17(19-9-12)21(2)3/h5-6,8-10H,4,7H2,1-3H3. The highest BCUT2D eigenvalue weighted by atomic mass is 32.1. The van der Waals surface area contributed by atoms with Gasteiger partial charge >= 0.3 is 5.97 Å². The van der Waals surface area contributed by atoms with Crippen LogP contribution < -0.4 is 4.90 Å². The van der Waals surface area contributed by atoms with Crippen LogP contribution in [0.1, 0.15) is 12.6 Å². The minimum Gasteiger partial charge on any atom is -0.466 e. The molecule has 3 aromatic heterocycles. The lowest BCUT2D eigenvalue weighted by Gasteiger charge is -2.08. The number of ether oxygens (including phenoxy) is 1. The van der Waals surface area contributed by atoms with E-state index in [1.54, 1.807) is 30.7 Å². The second-order valence-corrected chi connectivity index (χ2v) is 6.23. The summed E-state index contributed by atoms with van der Waals surface area (Å²) in [6.07, 6.45) is 3.36. The van der Waals surface area contributed by atoms with Crippen LogP contribution in [0.4, 0.5) is 5.95 Å². The molecule has 8 heteroatoms. The highest BCUT2D eigenvalue weighted by molar-refractivity contribution is 7.08. The third-order valence-corrected chi connectivity index (χ3v) is 4.07. The number of carbonyl (C=O) groups excluding carboxylic acids is 1. The van der Waals surface area contributed by atoms with Crippen molar-refractivity contribution in [1.82, 2.24) is 15.0 Å². The minimum absolute atomic E-state index is 0.0547. The number of hydrogen-bond acceptors (Lipinski definition) is 8. The van der Waals surface area contributed by atoms with Crippen LogP contribution in [0.5, 0.6) is 0 Å². The van der Waals surface area contributed by atoms with Crippen molar-refractivity contribution in [3.05, 3.63) is 34.9 Å². The Labute approximate surface area is 149 Å². The first-order chi connectivity index (χ1) is 12.1. The molecule has 0 bridgehead atoms. The molecule has 0 saturated heterocycles. The summed E-state index contributed by atoms with van der Waals surface area (Å²) in [5.41, 5.74) is 2.08. The summed E-state index contributed by atoms with van der Waals surface area (Å²) in [4.78, 5) is 26.7. The van der Waals surface area contributed by atoms with Crippen LogP contribution >= 0.6 is 11.3 Å². The minimum atomic E-state index is -0.335. The molecule has 7 nitrogen and oxygen atoms in total. The second-order valence-electron chi connectivity index (χ2n) is 5.45. The summed E-state index contributed by atoms with van der Waals surface area (Å²) in [6.45, 7) is 2.10. The zero-order valence-corrected chi connectivity index (χ0v) is 15.0. The smallest absolute Gasteiger partial charge is 0.312 e. The van der Waals surface area contributed by atoms with E-state index >= 15 is 0 Å². The Kier molecular flexibility index (Phi) is 5.08. The van der Waals surface area contributed by atoms with Crippen molar-refractivity contribution in [2.75, 3.05) is 25.6 Å². The van der Waals surface area contributed by atoms with Crippen molar-refractivity contribution < 1.29 is 13.9 Å². The van der Waals surface area contributed by atoms with E-state index in [0.717, 1.165) is 5.56 Å². The van der Waals surface area contributed by atoms with E-state index in [9.17, 15) is 4.79 Å². The molecule has 0 aliphatic rings. The molecule has 3 heterocycles. The third-order valence-electron chi connectivity index (χ3n) is 3.38. The summed E-state index contributed by atoms with van der Waals surface area (Å²) in [6, 6.07) is 1.93. The topological polar surface area (TPSA) is 81.4 Å². The van der Waals surface area contributed by atoms with Crippen LogP contribution in [0.2, 0.25) is 0 Å². The van der Waals surface area contributed by atoms with Crippen molar-refractivity contribution in [2.24, 2.45) is 0 Å². The van der Waals surface area contributed by atoms with Gasteiger partial charge in [-0.05, 0) is 18.4 Å². The van der Waals surface area contributed by atoms with Crippen LogP contribution in [-0.4, -0.2) is 41.6 Å². The van der Waals surface area contributed by atoms with Crippen LogP contribution in [0.15, 0.2) is 33.6 Å². The molecule has 0 radical (unpaired) electrons. The maximum atomic E-state index is 11.9. The monoisotopic (exact) mass is 358 g/mol. The first-order valence-corrected chi connectivity index (χ1v) is 8.70. The quantitative estimate of drug-likeness (QED) is 0.626. The fourth-order valence-corrected chi connectivity index (χ4v) is 2.86. The number of aromatic nitrogens is 3. The molecule has 0 fully saturated rings. The van der Waals surface area contributed by atoms with E-state index in [0.29, 0.717) is 35.5 Å². The number of nitrogens with zero attached hydrogens (tertiary/aromatic N) is 4. The average molecular weight is 358 g/mol. The van der Waals surface area contributed by atoms with Gasteiger partial charge in [-0.2, -0.15) is 11.3 Å². The number of hydrogen-bond donors (Lipinski definition) is 0. The third kappa shape index (κ3) is 3.85. The maximum Gasteiger partial charge on any atom is 0.312 e. The van der Waals surface area contributed by atoms with E-state index in [4.69, 9.17) is 9.15 Å². The Morgan fingerprint density at radius 1 is 1.28 bits per heavy atom. The average Bonchev–Trinajstić information content (AvgIpc) is 3.24. The molecule has 0 aliphatic carbocycles. The number of esters is 1. The molecule has 0 aromatic carbocycles. The van der Waals surface area contributed by atoms with Crippen LogP contribution in [0.3, 0.4) is 0 Å². The van der Waals surface area contributed by atoms with Gasteiger partial charge < -0.3 is 14.1 Å². The Morgan fingerprint density at radius 3 is 2.64 bits per heavy atom. The summed E-state index contributed by atoms with van der Waals surface area (Å²) < 4.78 is 10.9. The van der Waals surface area contributed by atoms with Crippen molar-refractivity contribution in [2.45, 2.75) is 13.3 Å². The highest BCUT2D eigenvalue weighted by Gasteiger charge is 2.20. The Balaban J connectivity index is 1.96. The molecule has 0 N–H and O–H groups in total. The summed E-state index contributed by atoms with van der Waals surface area (Å²) in [5.74, 6) is 1.21. The van der Waals surface area contributed by atoms with E-state index in [1.807, 2.05) is 35.8 Å². The fraction of sp³-hybridized carbons (Fsp3) is 0.294. The molecular weight excluding hydrogens is 340 g/mol. The predicted molar refractivity (Wildman–Crippen MR) is 95.5 cm³/mol. The summed E-state index contributed by atoms with van der Waals surface area (Å²) >= 11 is 1.55. The summed E-state index contributed by atoms with van der Waals surface area (Å²) in [5, 5.41) is 3.89. The lowest BCUT2D eigenvalue weighted by atomic mass is 10.2. The molecular formula is C17H18N4O3S. The van der Waals surface area contributed by atoms with Gasteiger partial charge in [0.1, 0.15) is 0 Å². The zero-order valence-electron chi connectivity index (χ0n) is 14.2. The van der Waals surface area contributed by atoms with Gasteiger partial charge in [-0.25, -0.2) is 15.0 Å². The number of anilines is 1. The Bertz CT molecular complexity index is 841. The number of rotatable bonds is 6. The van der Waals surface area contributed by atoms with Crippen LogP contribution in [-0.2, 0) is 16.0 Å². The van der Waals surface area contributed by atoms with E-state index < -0.39 is 0 Å². The van der Waals surface area contributed by atoms with Crippen molar-refractivity contribution >= 4 is 23.3 Å². The van der Waals surface area contributed by atoms with E-state index in [1.165, 1.54) is 0 Å². The second kappa shape index (κ2) is 7.43. The molecule has 25 heavy (non-hydrogen) atoms. The van der Waals surface area contributed by atoms with Gasteiger partial charge in [0, 0.05) is 37.4 Å². The molecule has 0 saturated carbocycles. The molecule has 0 aliphatic heterocycles. The van der Waals surface area contributed by atoms with E-state index in [2.05, 4.69) is 15.0 Å². The number of oxazole rings is 1. The van der Waals surface area contributed by atoms with Crippen molar-refractivity contribution in [3.63, 3.8) is 0 Å². The van der Waals surface area contributed by atoms with Gasteiger partial charge in [-0.3, -0.25) is 4.79 Å². The van der Waals surface area contributed by atoms with Gasteiger partial charge in [0.15, 0.2) is 5.76 Å². The largest absolute Gasteiger partial charge is 0.466 e. The molecule has 0 unspecified atom stereocenters. The Hall–Kier alpha value is -2.74. The van der Waals surface area contributed by atoms with Crippen molar-refractivity contribution in [1.29, 1.82) is 0 Å². The summed E-state index contributed by atoms with van der Waals surface area (Å²) in [7, 11) is 3.73. The maximum absolute atomic E-state index is 11.9. The Morgan fingerprint density at radius 2 is 2.04 bits per heavy atom. The number of thiophene rings is 1. The van der Waals surface area contributed by atoms with Crippen molar-refractivity contribution in [3.8, 4) is 22.8 Å². The molecule has 0 amide bonds. The highest BCUT2D eigenvalue weighted by Crippen LogP contribution is 2.31. The lowest BCUT2D eigenvalue weighted by Crippen LogP contribution is -2.12. The van der Waals surface area contributed by atoms with Gasteiger partial charge in [-0.15, -0.1) is 0 Å². The first-order valence-electron chi connectivity index (χ1n) is 7.76. The van der Waals surface area contributed by atoms with Crippen LogP contribution in [0, 0.1) is 0 Å². The normalized spacial score (nSPS) is 10.7. The van der Waals surface area contributed by atoms with Gasteiger partial charge in [0.05, 0.1) is 24.3 Å². The lowest BCUT2D eigenvalue weighted by molar-refractivity contribution is -0.142. The number of carbonyl (C=O) groups is 1. The molecule has 0 spiro atoms. The molecule has 3 aromatic rings.